The molecule has 3 amide bonds. The second-order valence-corrected chi connectivity index (χ2v) is 8.86. The Bertz CT molecular complexity index is 979. The average Bonchev–Trinajstić information content (AvgIpc) is 3.34. The van der Waals surface area contributed by atoms with Gasteiger partial charge in [0.2, 0.25) is 5.76 Å². The lowest BCUT2D eigenvalue weighted by molar-refractivity contribution is 0.0457. The molecular weight excluding hydrogens is 386 g/mol. The molecule has 2 aliphatic rings. The predicted molar refractivity (Wildman–Crippen MR) is 110 cm³/mol. The lowest BCUT2D eigenvalue weighted by Gasteiger charge is -2.45. The smallest absolute Gasteiger partial charge is 0.321 e. The molecule has 0 radical (unpaired) electrons. The minimum absolute atomic E-state index is 0.000376. The first-order chi connectivity index (χ1) is 14.1. The zero-order chi connectivity index (χ0) is 21.8. The van der Waals surface area contributed by atoms with Crippen LogP contribution in [0, 0.1) is 6.92 Å². The number of urea groups is 1. The fourth-order valence-corrected chi connectivity index (χ4v) is 4.33. The highest BCUT2D eigenvalue weighted by molar-refractivity contribution is 6.02. The number of H-pyrrole nitrogens is 1. The average molecular weight is 415 g/mol. The van der Waals surface area contributed by atoms with E-state index >= 15 is 0 Å². The highest BCUT2D eigenvalue weighted by Crippen LogP contribution is 2.41. The molecule has 30 heavy (non-hydrogen) atoms. The summed E-state index contributed by atoms with van der Waals surface area (Å²) in [6.07, 6.45) is 1.24. The van der Waals surface area contributed by atoms with E-state index in [9.17, 15) is 9.59 Å². The summed E-state index contributed by atoms with van der Waals surface area (Å²) in [5.74, 6) is 0.148. The number of nitrogens with one attached hydrogen (secondary N) is 2. The maximum Gasteiger partial charge on any atom is 0.321 e. The lowest BCUT2D eigenvalue weighted by atomic mass is 10.0. The van der Waals surface area contributed by atoms with Gasteiger partial charge < -0.3 is 19.5 Å². The molecule has 2 atom stereocenters. The van der Waals surface area contributed by atoms with Crippen LogP contribution in [0.4, 0.5) is 10.6 Å². The molecule has 2 aromatic heterocycles. The first kappa shape index (κ1) is 20.4. The van der Waals surface area contributed by atoms with E-state index in [4.69, 9.17) is 4.42 Å². The number of hydrogen-bond acceptors (Lipinski definition) is 6. The standard InChI is InChI=1S/C20H29N7O3/c1-11-8-26(12(2)7-25(11)6)19(29)27-9-14-16(20(27,4)5)23-24-17(14)22-18(28)15-13(3)21-10-30-15/h10-12H,7-9H2,1-6H3,(H2,22,23,24,28)/t11-,12+/m1/s1. The van der Waals surface area contributed by atoms with Crippen LogP contribution in [0.3, 0.4) is 0 Å². The van der Waals surface area contributed by atoms with Gasteiger partial charge in [-0.25, -0.2) is 9.78 Å². The maximum atomic E-state index is 13.5. The number of piperazine rings is 1. The molecule has 4 rings (SSSR count). The monoisotopic (exact) mass is 415 g/mol. The number of amides is 3. The maximum absolute atomic E-state index is 13.5. The molecule has 0 unspecified atom stereocenters. The molecule has 10 heteroatoms. The van der Waals surface area contributed by atoms with Crippen LogP contribution in [-0.2, 0) is 12.1 Å². The van der Waals surface area contributed by atoms with Gasteiger partial charge in [0.25, 0.3) is 5.91 Å². The van der Waals surface area contributed by atoms with Crippen molar-refractivity contribution in [3.05, 3.63) is 29.1 Å². The number of fused-ring (bicyclic) bond motifs is 1. The Balaban J connectivity index is 1.56. The fraction of sp³-hybridized carbons (Fsp3) is 0.600. The normalized spacial score (nSPS) is 23.5. The van der Waals surface area contributed by atoms with Crippen molar-refractivity contribution < 1.29 is 14.0 Å². The van der Waals surface area contributed by atoms with E-state index in [1.165, 1.54) is 6.39 Å². The number of carbonyl (C=O) groups is 2. The van der Waals surface area contributed by atoms with Crippen LogP contribution in [0.2, 0.25) is 0 Å². The van der Waals surface area contributed by atoms with Crippen molar-refractivity contribution in [2.24, 2.45) is 0 Å². The highest BCUT2D eigenvalue weighted by Gasteiger charge is 2.46. The van der Waals surface area contributed by atoms with Crippen molar-refractivity contribution in [2.45, 2.75) is 58.8 Å². The zero-order valence-corrected chi connectivity index (χ0v) is 18.3. The summed E-state index contributed by atoms with van der Waals surface area (Å²) in [6.45, 7) is 11.8. The molecule has 1 fully saturated rings. The SMILES string of the molecule is Cc1ncoc1C(=O)Nc1n[nH]c2c1CN(C(=O)N1C[C@@H](C)N(C)C[C@@H]1C)C2(C)C. The van der Waals surface area contributed by atoms with Gasteiger partial charge in [0, 0.05) is 30.7 Å². The lowest BCUT2D eigenvalue weighted by Crippen LogP contribution is -2.60. The van der Waals surface area contributed by atoms with Crippen LogP contribution in [-0.4, -0.2) is 74.0 Å². The Morgan fingerprint density at radius 2 is 2.00 bits per heavy atom. The Labute approximate surface area is 175 Å². The number of rotatable bonds is 2. The molecule has 10 nitrogen and oxygen atoms in total. The summed E-state index contributed by atoms with van der Waals surface area (Å²) >= 11 is 0. The number of nitrogens with zero attached hydrogens (tertiary/aromatic N) is 5. The number of aryl methyl sites for hydroxylation is 1. The van der Waals surface area contributed by atoms with E-state index in [0.717, 1.165) is 17.8 Å². The second-order valence-electron chi connectivity index (χ2n) is 8.86. The van der Waals surface area contributed by atoms with Crippen LogP contribution in [0.15, 0.2) is 10.8 Å². The van der Waals surface area contributed by atoms with E-state index < -0.39 is 11.4 Å². The van der Waals surface area contributed by atoms with Crippen molar-refractivity contribution in [3.8, 4) is 0 Å². The Hall–Kier alpha value is -2.88. The number of anilines is 1. The first-order valence-corrected chi connectivity index (χ1v) is 10.2. The number of oxazole rings is 1. The number of aromatic amines is 1. The molecule has 162 valence electrons. The number of carbonyl (C=O) groups excluding carboxylic acids is 2. The third-order valence-corrected chi connectivity index (χ3v) is 6.43. The molecule has 0 saturated carbocycles. The minimum atomic E-state index is -0.573. The number of likely N-dealkylation sites (N-methyl/N-ethyl adjacent to an activating group) is 1. The van der Waals surface area contributed by atoms with Gasteiger partial charge in [-0.05, 0) is 41.7 Å². The molecule has 0 aromatic carbocycles. The van der Waals surface area contributed by atoms with E-state index in [1.807, 2.05) is 23.6 Å². The molecule has 0 bridgehead atoms. The number of hydrogen-bond donors (Lipinski definition) is 2. The Morgan fingerprint density at radius 3 is 2.67 bits per heavy atom. The van der Waals surface area contributed by atoms with E-state index in [1.54, 1.807) is 6.92 Å². The molecule has 2 aromatic rings. The Kier molecular flexibility index (Phi) is 4.84. The minimum Gasteiger partial charge on any atom is -0.438 e. The summed E-state index contributed by atoms with van der Waals surface area (Å²) in [7, 11) is 2.09. The van der Waals surface area contributed by atoms with Gasteiger partial charge in [-0.15, -0.1) is 0 Å². The van der Waals surface area contributed by atoms with Crippen LogP contribution in [0.1, 0.15) is 55.2 Å². The first-order valence-electron chi connectivity index (χ1n) is 10.2. The topological polar surface area (TPSA) is 111 Å². The molecule has 4 heterocycles. The van der Waals surface area contributed by atoms with Gasteiger partial charge in [0.1, 0.15) is 0 Å². The molecule has 2 N–H and O–H groups in total. The zero-order valence-electron chi connectivity index (χ0n) is 18.3. The second kappa shape index (κ2) is 7.12. The molecule has 2 aliphatic heterocycles. The highest BCUT2D eigenvalue weighted by atomic mass is 16.3. The van der Waals surface area contributed by atoms with E-state index in [2.05, 4.69) is 46.3 Å². The van der Waals surface area contributed by atoms with Crippen molar-refractivity contribution >= 4 is 17.8 Å². The third kappa shape index (κ3) is 3.15. The molecule has 0 spiro atoms. The van der Waals surface area contributed by atoms with Gasteiger partial charge in [0.15, 0.2) is 12.2 Å². The van der Waals surface area contributed by atoms with Crippen molar-refractivity contribution in [1.82, 2.24) is 29.9 Å². The summed E-state index contributed by atoms with van der Waals surface area (Å²) in [5.41, 5.74) is 1.58. The largest absolute Gasteiger partial charge is 0.438 e. The summed E-state index contributed by atoms with van der Waals surface area (Å²) in [5, 5.41) is 10.1. The summed E-state index contributed by atoms with van der Waals surface area (Å²) in [4.78, 5) is 36.1. The van der Waals surface area contributed by atoms with E-state index in [0.29, 0.717) is 30.6 Å². The van der Waals surface area contributed by atoms with Gasteiger partial charge in [-0.3, -0.25) is 14.8 Å². The Morgan fingerprint density at radius 1 is 1.27 bits per heavy atom. The predicted octanol–water partition coefficient (Wildman–Crippen LogP) is 2.15. The van der Waals surface area contributed by atoms with Gasteiger partial charge in [-0.1, -0.05) is 0 Å². The third-order valence-electron chi connectivity index (χ3n) is 6.43. The quantitative estimate of drug-likeness (QED) is 0.778. The van der Waals surface area contributed by atoms with Gasteiger partial charge >= 0.3 is 6.03 Å². The van der Waals surface area contributed by atoms with Crippen LogP contribution in [0.5, 0.6) is 0 Å². The summed E-state index contributed by atoms with van der Waals surface area (Å²) in [6, 6.07) is 0.427. The fourth-order valence-electron chi connectivity index (χ4n) is 4.33. The summed E-state index contributed by atoms with van der Waals surface area (Å²) < 4.78 is 5.17. The van der Waals surface area contributed by atoms with E-state index in [-0.39, 0.29) is 17.8 Å². The van der Waals surface area contributed by atoms with Crippen LogP contribution >= 0.6 is 0 Å². The van der Waals surface area contributed by atoms with Crippen LogP contribution < -0.4 is 5.32 Å². The van der Waals surface area contributed by atoms with Crippen molar-refractivity contribution in [3.63, 3.8) is 0 Å². The van der Waals surface area contributed by atoms with Crippen molar-refractivity contribution in [2.75, 3.05) is 25.5 Å². The van der Waals surface area contributed by atoms with Gasteiger partial charge in [0.05, 0.1) is 23.5 Å². The number of aromatic nitrogens is 3. The molecule has 0 aliphatic carbocycles. The van der Waals surface area contributed by atoms with Gasteiger partial charge in [-0.2, -0.15) is 5.10 Å². The molecule has 1 saturated heterocycles. The van der Waals surface area contributed by atoms with Crippen molar-refractivity contribution in [1.29, 1.82) is 0 Å². The van der Waals surface area contributed by atoms with Crippen LogP contribution in [0.25, 0.3) is 0 Å². The molecular formula is C20H29N7O3.